The highest BCUT2D eigenvalue weighted by Gasteiger charge is 2.38. The Bertz CT molecular complexity index is 1200. The van der Waals surface area contributed by atoms with E-state index in [1.165, 1.54) is 12.1 Å². The van der Waals surface area contributed by atoms with Crippen LogP contribution in [0.2, 0.25) is 0 Å². The van der Waals surface area contributed by atoms with Crippen LogP contribution in [0.25, 0.3) is 10.4 Å². The number of hydrogen-bond donors (Lipinski definition) is 2. The summed E-state index contributed by atoms with van der Waals surface area (Å²) in [6.07, 6.45) is 3.77. The number of anilines is 2. The van der Waals surface area contributed by atoms with Crippen LogP contribution >= 0.6 is 11.3 Å². The third kappa shape index (κ3) is 5.91. The number of carbonyl (C=O) groups excluding carboxylic acids is 2. The lowest BCUT2D eigenvalue weighted by atomic mass is 9.92. The molecule has 0 bridgehead atoms. The van der Waals surface area contributed by atoms with E-state index < -0.39 is 17.4 Å². The monoisotopic (exact) mass is 510 g/mol. The zero-order valence-electron chi connectivity index (χ0n) is 20.7. The fourth-order valence-corrected chi connectivity index (χ4v) is 5.39. The molecule has 1 aliphatic heterocycles. The number of carbonyl (C=O) groups is 2. The average molecular weight is 511 g/mol. The van der Waals surface area contributed by atoms with Crippen LogP contribution in [0, 0.1) is 5.82 Å². The maximum absolute atomic E-state index is 13.7. The van der Waals surface area contributed by atoms with E-state index in [4.69, 9.17) is 4.74 Å². The molecule has 2 N–H and O–H groups in total. The van der Waals surface area contributed by atoms with Crippen LogP contribution in [-0.4, -0.2) is 47.1 Å². The fourth-order valence-electron chi connectivity index (χ4n) is 4.30. The van der Waals surface area contributed by atoms with E-state index in [1.54, 1.807) is 23.5 Å². The number of thiazole rings is 1. The van der Waals surface area contributed by atoms with Crippen molar-refractivity contribution in [2.75, 3.05) is 30.3 Å². The summed E-state index contributed by atoms with van der Waals surface area (Å²) in [4.78, 5) is 32.5. The Balaban J connectivity index is 1.33. The number of hydrogen-bond acceptors (Lipinski definition) is 6. The Morgan fingerprint density at radius 2 is 1.81 bits per heavy atom. The number of piperidine rings is 1. The zero-order chi connectivity index (χ0) is 25.7. The summed E-state index contributed by atoms with van der Waals surface area (Å²) in [7, 11) is 0. The van der Waals surface area contributed by atoms with E-state index in [9.17, 15) is 14.0 Å². The van der Waals surface area contributed by atoms with Gasteiger partial charge >= 0.3 is 12.0 Å². The van der Waals surface area contributed by atoms with Gasteiger partial charge < -0.3 is 15.4 Å². The number of amides is 2. The Labute approximate surface area is 214 Å². The van der Waals surface area contributed by atoms with Gasteiger partial charge in [-0.3, -0.25) is 9.69 Å². The largest absolute Gasteiger partial charge is 0.465 e. The highest BCUT2D eigenvalue weighted by molar-refractivity contribution is 7.15. The van der Waals surface area contributed by atoms with Crippen LogP contribution < -0.4 is 10.6 Å². The smallest absolute Gasteiger partial charge is 0.325 e. The van der Waals surface area contributed by atoms with Crippen molar-refractivity contribution in [2.24, 2.45) is 0 Å². The van der Waals surface area contributed by atoms with Gasteiger partial charge in [-0.2, -0.15) is 0 Å². The first-order valence-corrected chi connectivity index (χ1v) is 12.9. The number of nitrogens with zero attached hydrogens (tertiary/aromatic N) is 2. The first-order chi connectivity index (χ1) is 17.3. The number of ether oxygens (including phenoxy) is 1. The van der Waals surface area contributed by atoms with Crippen LogP contribution in [0.5, 0.6) is 0 Å². The van der Waals surface area contributed by atoms with E-state index in [0.717, 1.165) is 41.4 Å². The summed E-state index contributed by atoms with van der Waals surface area (Å²) < 4.78 is 19.0. The number of aromatic nitrogens is 1. The van der Waals surface area contributed by atoms with Crippen LogP contribution in [-0.2, 0) is 9.53 Å². The normalized spacial score (nSPS) is 14.9. The van der Waals surface area contributed by atoms with Gasteiger partial charge in [0.1, 0.15) is 11.4 Å². The van der Waals surface area contributed by atoms with Gasteiger partial charge in [-0.1, -0.05) is 24.3 Å². The second kappa shape index (κ2) is 11.2. The summed E-state index contributed by atoms with van der Waals surface area (Å²) in [5.74, 6) is -0.305. The van der Waals surface area contributed by atoms with E-state index in [1.807, 2.05) is 51.2 Å². The van der Waals surface area contributed by atoms with Gasteiger partial charge in [0.15, 0.2) is 0 Å². The molecule has 7 nitrogen and oxygen atoms in total. The van der Waals surface area contributed by atoms with Gasteiger partial charge in [0.05, 0.1) is 22.2 Å². The number of esters is 1. The average Bonchev–Trinajstić information content (AvgIpc) is 3.36. The molecule has 0 spiro atoms. The highest BCUT2D eigenvalue weighted by atomic mass is 32.1. The van der Waals surface area contributed by atoms with Gasteiger partial charge in [0, 0.05) is 17.8 Å². The van der Waals surface area contributed by atoms with Gasteiger partial charge in [0.2, 0.25) is 0 Å². The van der Waals surface area contributed by atoms with Crippen molar-refractivity contribution in [1.82, 2.24) is 9.88 Å². The molecule has 2 aromatic carbocycles. The predicted molar refractivity (Wildman–Crippen MR) is 141 cm³/mol. The quantitative estimate of drug-likeness (QED) is 0.375. The molecule has 2 amide bonds. The summed E-state index contributed by atoms with van der Waals surface area (Å²) in [6.45, 7) is 7.71. The molecule has 1 aliphatic rings. The van der Waals surface area contributed by atoms with E-state index in [2.05, 4.69) is 20.5 Å². The summed E-state index contributed by atoms with van der Waals surface area (Å²) in [6, 6.07) is 13.0. The Morgan fingerprint density at radius 1 is 1.11 bits per heavy atom. The molecule has 0 aliphatic carbocycles. The lowest BCUT2D eigenvalue weighted by Crippen LogP contribution is -2.53. The molecule has 0 saturated carbocycles. The second-order valence-corrected chi connectivity index (χ2v) is 10.3. The standard InChI is InChI=1S/C27H31FN4O3S/c1-4-35-25(33)27(2,3)32-15-13-19(14-16-32)24-29-17-23(36-24)18-9-11-20(12-10-18)30-26(34)31-22-8-6-5-7-21(22)28/h5-12,17,19H,4,13-16H2,1-3H3,(H2,30,31,34). The molecule has 2 heterocycles. The number of benzene rings is 2. The molecule has 3 aromatic rings. The molecule has 190 valence electrons. The number of rotatable bonds is 7. The lowest BCUT2D eigenvalue weighted by Gasteiger charge is -2.40. The number of urea groups is 1. The number of likely N-dealkylation sites (tertiary alicyclic amines) is 1. The minimum Gasteiger partial charge on any atom is -0.465 e. The molecular formula is C27H31FN4O3S. The van der Waals surface area contributed by atoms with E-state index >= 15 is 0 Å². The molecule has 4 rings (SSSR count). The molecular weight excluding hydrogens is 479 g/mol. The van der Waals surface area contributed by atoms with Gasteiger partial charge in [-0.25, -0.2) is 14.2 Å². The number of para-hydroxylation sites is 1. The second-order valence-electron chi connectivity index (χ2n) is 9.24. The van der Waals surface area contributed by atoms with Crippen molar-refractivity contribution in [3.63, 3.8) is 0 Å². The molecule has 1 fully saturated rings. The topological polar surface area (TPSA) is 83.6 Å². The lowest BCUT2D eigenvalue weighted by molar-refractivity contribution is -0.156. The van der Waals surface area contributed by atoms with Crippen molar-refractivity contribution in [3.8, 4) is 10.4 Å². The maximum atomic E-state index is 13.7. The molecule has 1 aromatic heterocycles. The van der Waals surface area contributed by atoms with Crippen LogP contribution in [0.3, 0.4) is 0 Å². The van der Waals surface area contributed by atoms with Crippen molar-refractivity contribution in [1.29, 1.82) is 0 Å². The Morgan fingerprint density at radius 3 is 2.47 bits per heavy atom. The summed E-state index contributed by atoms with van der Waals surface area (Å²) in [5.41, 5.74) is 1.12. The number of nitrogens with one attached hydrogen (secondary N) is 2. The zero-order valence-corrected chi connectivity index (χ0v) is 21.5. The highest BCUT2D eigenvalue weighted by Crippen LogP contribution is 2.36. The van der Waals surface area contributed by atoms with E-state index in [-0.39, 0.29) is 11.7 Å². The van der Waals surface area contributed by atoms with Crippen LogP contribution in [0.1, 0.15) is 44.5 Å². The van der Waals surface area contributed by atoms with Gasteiger partial charge in [-0.05, 0) is 76.5 Å². The van der Waals surface area contributed by atoms with Crippen molar-refractivity contribution in [3.05, 3.63) is 65.6 Å². The van der Waals surface area contributed by atoms with Gasteiger partial charge in [0.25, 0.3) is 0 Å². The number of halogens is 1. The third-order valence-electron chi connectivity index (χ3n) is 6.48. The molecule has 0 radical (unpaired) electrons. The molecule has 1 saturated heterocycles. The molecule has 9 heteroatoms. The third-order valence-corrected chi connectivity index (χ3v) is 7.69. The summed E-state index contributed by atoms with van der Waals surface area (Å²) in [5, 5.41) is 6.33. The maximum Gasteiger partial charge on any atom is 0.325 e. The Hall–Kier alpha value is -3.30. The first-order valence-electron chi connectivity index (χ1n) is 12.1. The molecule has 0 unspecified atom stereocenters. The Kier molecular flexibility index (Phi) is 8.01. The van der Waals surface area contributed by atoms with Gasteiger partial charge in [-0.15, -0.1) is 11.3 Å². The first kappa shape index (κ1) is 25.8. The SMILES string of the molecule is CCOC(=O)C(C)(C)N1CCC(c2ncc(-c3ccc(NC(=O)Nc4ccccc4F)cc3)s2)CC1. The van der Waals surface area contributed by atoms with Crippen molar-refractivity contribution >= 4 is 34.7 Å². The summed E-state index contributed by atoms with van der Waals surface area (Å²) >= 11 is 1.68. The van der Waals surface area contributed by atoms with Crippen molar-refractivity contribution < 1.29 is 18.7 Å². The predicted octanol–water partition coefficient (Wildman–Crippen LogP) is 6.11. The van der Waals surface area contributed by atoms with Crippen LogP contribution in [0.15, 0.2) is 54.7 Å². The van der Waals surface area contributed by atoms with Crippen LogP contribution in [0.4, 0.5) is 20.6 Å². The van der Waals surface area contributed by atoms with Crippen molar-refractivity contribution in [2.45, 2.75) is 45.1 Å². The minimum atomic E-state index is -0.628. The molecule has 0 atom stereocenters. The minimum absolute atomic E-state index is 0.124. The van der Waals surface area contributed by atoms with E-state index in [0.29, 0.717) is 18.2 Å². The molecule has 36 heavy (non-hydrogen) atoms. The fraction of sp³-hybridized carbons (Fsp3) is 0.370.